The predicted octanol–water partition coefficient (Wildman–Crippen LogP) is 3.15. The standard InChI is InChI=1S/C20H21N3O2S/c1-25-19(24)20(8-16-12-26-13-22-16)9-17-6-7-18(20)23(17)11-15-5-3-2-4-14(15)10-21/h2-5,12-13,17-18H,6-9,11H2,1H3/t17-,18+,20+/m1/s1. The Bertz CT molecular complexity index is 845. The Kier molecular flexibility index (Phi) is 4.51. The average Bonchev–Trinajstić information content (AvgIpc) is 3.38. The third kappa shape index (κ3) is 2.72. The van der Waals surface area contributed by atoms with Gasteiger partial charge in [-0.1, -0.05) is 18.2 Å². The van der Waals surface area contributed by atoms with Gasteiger partial charge in [0.2, 0.25) is 0 Å². The topological polar surface area (TPSA) is 66.2 Å². The van der Waals surface area contributed by atoms with Crippen molar-refractivity contribution in [2.75, 3.05) is 7.11 Å². The Hall–Kier alpha value is -2.23. The van der Waals surface area contributed by atoms with Crippen molar-refractivity contribution in [2.45, 2.75) is 44.3 Å². The van der Waals surface area contributed by atoms with E-state index in [1.54, 1.807) is 11.3 Å². The number of carbonyl (C=O) groups excluding carboxylic acids is 1. The van der Waals surface area contributed by atoms with E-state index in [0.717, 1.165) is 30.5 Å². The molecule has 3 atom stereocenters. The van der Waals surface area contributed by atoms with Crippen LogP contribution in [0.2, 0.25) is 0 Å². The van der Waals surface area contributed by atoms with Gasteiger partial charge in [0.1, 0.15) is 0 Å². The minimum Gasteiger partial charge on any atom is -0.469 e. The van der Waals surface area contributed by atoms with Crippen LogP contribution in [0.25, 0.3) is 0 Å². The van der Waals surface area contributed by atoms with Gasteiger partial charge in [0, 0.05) is 30.4 Å². The van der Waals surface area contributed by atoms with E-state index in [1.165, 1.54) is 7.11 Å². The number of nitriles is 1. The molecule has 5 nitrogen and oxygen atoms in total. The maximum absolute atomic E-state index is 12.8. The molecule has 1 aromatic carbocycles. The third-order valence-corrected chi connectivity index (χ3v) is 6.58. The quantitative estimate of drug-likeness (QED) is 0.760. The molecular weight excluding hydrogens is 346 g/mol. The lowest BCUT2D eigenvalue weighted by Gasteiger charge is -2.34. The molecule has 1 aromatic heterocycles. The van der Waals surface area contributed by atoms with Crippen molar-refractivity contribution in [1.82, 2.24) is 9.88 Å². The summed E-state index contributed by atoms with van der Waals surface area (Å²) in [5.41, 5.74) is 3.98. The molecule has 0 amide bonds. The molecule has 2 fully saturated rings. The summed E-state index contributed by atoms with van der Waals surface area (Å²) in [4.78, 5) is 19.7. The number of fused-ring (bicyclic) bond motifs is 2. The number of nitrogens with zero attached hydrogens (tertiary/aromatic N) is 3. The highest BCUT2D eigenvalue weighted by atomic mass is 32.1. The Morgan fingerprint density at radius 2 is 2.31 bits per heavy atom. The molecule has 0 radical (unpaired) electrons. The van der Waals surface area contributed by atoms with Crippen molar-refractivity contribution >= 4 is 17.3 Å². The molecule has 2 aromatic rings. The van der Waals surface area contributed by atoms with Gasteiger partial charge in [0.25, 0.3) is 0 Å². The number of rotatable bonds is 5. The van der Waals surface area contributed by atoms with E-state index in [4.69, 9.17) is 4.74 Å². The molecule has 26 heavy (non-hydrogen) atoms. The molecule has 0 N–H and O–H groups in total. The highest BCUT2D eigenvalue weighted by molar-refractivity contribution is 7.07. The maximum atomic E-state index is 12.8. The fourth-order valence-electron chi connectivity index (χ4n) is 4.84. The zero-order valence-electron chi connectivity index (χ0n) is 14.7. The Morgan fingerprint density at radius 3 is 3.04 bits per heavy atom. The van der Waals surface area contributed by atoms with Crippen LogP contribution >= 0.6 is 11.3 Å². The summed E-state index contributed by atoms with van der Waals surface area (Å²) in [5.74, 6) is -0.128. The molecular formula is C20H21N3O2S. The second-order valence-corrected chi connectivity index (χ2v) is 7.92. The fourth-order valence-corrected chi connectivity index (χ4v) is 5.40. The summed E-state index contributed by atoms with van der Waals surface area (Å²) in [5, 5.41) is 11.4. The van der Waals surface area contributed by atoms with Crippen molar-refractivity contribution in [2.24, 2.45) is 5.41 Å². The summed E-state index contributed by atoms with van der Waals surface area (Å²) >= 11 is 1.56. The normalized spacial score (nSPS) is 27.4. The largest absolute Gasteiger partial charge is 0.469 e. The number of methoxy groups -OCH3 is 1. The van der Waals surface area contributed by atoms with E-state index in [1.807, 2.05) is 35.2 Å². The minimum absolute atomic E-state index is 0.128. The van der Waals surface area contributed by atoms with Crippen molar-refractivity contribution in [1.29, 1.82) is 5.26 Å². The molecule has 2 aliphatic rings. The molecule has 2 bridgehead atoms. The van der Waals surface area contributed by atoms with E-state index >= 15 is 0 Å². The lowest BCUT2D eigenvalue weighted by atomic mass is 9.71. The Labute approximate surface area is 157 Å². The van der Waals surface area contributed by atoms with Crippen LogP contribution in [-0.4, -0.2) is 35.0 Å². The van der Waals surface area contributed by atoms with E-state index in [9.17, 15) is 10.1 Å². The molecule has 0 aliphatic carbocycles. The van der Waals surface area contributed by atoms with Gasteiger partial charge >= 0.3 is 5.97 Å². The Balaban J connectivity index is 1.65. The molecule has 2 aliphatic heterocycles. The van der Waals surface area contributed by atoms with Crippen LogP contribution in [0, 0.1) is 16.7 Å². The second-order valence-electron chi connectivity index (χ2n) is 7.20. The first-order valence-corrected chi connectivity index (χ1v) is 9.81. The van der Waals surface area contributed by atoms with Crippen molar-refractivity contribution < 1.29 is 9.53 Å². The number of benzene rings is 1. The summed E-state index contributed by atoms with van der Waals surface area (Å²) in [6, 6.07) is 10.5. The molecule has 6 heteroatoms. The van der Waals surface area contributed by atoms with Crippen molar-refractivity contribution in [3.05, 3.63) is 52.0 Å². The van der Waals surface area contributed by atoms with Gasteiger partial charge in [-0.2, -0.15) is 5.26 Å². The second kappa shape index (κ2) is 6.82. The third-order valence-electron chi connectivity index (χ3n) is 5.94. The smallest absolute Gasteiger partial charge is 0.313 e. The Morgan fingerprint density at radius 1 is 1.46 bits per heavy atom. The van der Waals surface area contributed by atoms with Gasteiger partial charge in [0.15, 0.2) is 0 Å². The first kappa shape index (κ1) is 17.2. The lowest BCUT2D eigenvalue weighted by Crippen LogP contribution is -2.45. The number of aromatic nitrogens is 1. The van der Waals surface area contributed by atoms with Crippen LogP contribution in [0.5, 0.6) is 0 Å². The molecule has 4 rings (SSSR count). The van der Waals surface area contributed by atoms with E-state index < -0.39 is 5.41 Å². The molecule has 2 saturated heterocycles. The van der Waals surface area contributed by atoms with Crippen LogP contribution in [0.15, 0.2) is 35.2 Å². The van der Waals surface area contributed by atoms with Crippen LogP contribution in [0.4, 0.5) is 0 Å². The molecule has 0 saturated carbocycles. The van der Waals surface area contributed by atoms with Gasteiger partial charge in [-0.05, 0) is 30.9 Å². The minimum atomic E-state index is -0.534. The summed E-state index contributed by atoms with van der Waals surface area (Å²) < 4.78 is 5.24. The molecule has 134 valence electrons. The monoisotopic (exact) mass is 367 g/mol. The highest BCUT2D eigenvalue weighted by Gasteiger charge is 2.60. The lowest BCUT2D eigenvalue weighted by molar-refractivity contribution is -0.155. The van der Waals surface area contributed by atoms with E-state index in [-0.39, 0.29) is 12.0 Å². The predicted molar refractivity (Wildman–Crippen MR) is 98.4 cm³/mol. The fraction of sp³-hybridized carbons (Fsp3) is 0.450. The van der Waals surface area contributed by atoms with Gasteiger partial charge in [0.05, 0.1) is 35.4 Å². The number of ether oxygens (including phenoxy) is 1. The summed E-state index contributed by atoms with van der Waals surface area (Å²) in [6.07, 6.45) is 3.51. The van der Waals surface area contributed by atoms with Crippen LogP contribution < -0.4 is 0 Å². The molecule has 3 heterocycles. The maximum Gasteiger partial charge on any atom is 0.313 e. The van der Waals surface area contributed by atoms with Gasteiger partial charge in [-0.3, -0.25) is 9.69 Å². The van der Waals surface area contributed by atoms with E-state index in [2.05, 4.69) is 16.0 Å². The number of carbonyl (C=O) groups is 1. The summed E-state index contributed by atoms with van der Waals surface area (Å²) in [7, 11) is 1.48. The van der Waals surface area contributed by atoms with E-state index in [0.29, 0.717) is 24.6 Å². The average molecular weight is 367 g/mol. The zero-order chi connectivity index (χ0) is 18.1. The van der Waals surface area contributed by atoms with Crippen LogP contribution in [0.3, 0.4) is 0 Å². The summed E-state index contributed by atoms with van der Waals surface area (Å²) in [6.45, 7) is 0.703. The zero-order valence-corrected chi connectivity index (χ0v) is 15.5. The van der Waals surface area contributed by atoms with Gasteiger partial charge in [-0.15, -0.1) is 11.3 Å². The van der Waals surface area contributed by atoms with Crippen molar-refractivity contribution in [3.8, 4) is 6.07 Å². The van der Waals surface area contributed by atoms with Gasteiger partial charge in [-0.25, -0.2) is 4.98 Å². The number of esters is 1. The number of thiazole rings is 1. The SMILES string of the molecule is COC(=O)[C@@]1(Cc2cscn2)C[C@H]2CC[C@@H]1N2Cc1ccccc1C#N. The highest BCUT2D eigenvalue weighted by Crippen LogP contribution is 2.52. The molecule has 0 unspecified atom stereocenters. The number of hydrogen-bond donors (Lipinski definition) is 0. The van der Waals surface area contributed by atoms with Gasteiger partial charge < -0.3 is 4.74 Å². The number of hydrogen-bond acceptors (Lipinski definition) is 6. The first-order chi connectivity index (χ1) is 12.7. The van der Waals surface area contributed by atoms with Crippen LogP contribution in [-0.2, 0) is 22.5 Å². The first-order valence-electron chi connectivity index (χ1n) is 8.87. The molecule has 0 spiro atoms. The van der Waals surface area contributed by atoms with Crippen molar-refractivity contribution in [3.63, 3.8) is 0 Å². The van der Waals surface area contributed by atoms with Crippen LogP contribution in [0.1, 0.15) is 36.1 Å².